The minimum atomic E-state index is -1.11. The van der Waals surface area contributed by atoms with E-state index in [-0.39, 0.29) is 31.0 Å². The summed E-state index contributed by atoms with van der Waals surface area (Å²) < 4.78 is 18.7. The lowest BCUT2D eigenvalue weighted by molar-refractivity contribution is -0.120. The lowest BCUT2D eigenvalue weighted by atomic mass is 10.1. The van der Waals surface area contributed by atoms with E-state index in [1.807, 2.05) is 6.07 Å². The van der Waals surface area contributed by atoms with Crippen LogP contribution in [-0.4, -0.2) is 24.2 Å². The van der Waals surface area contributed by atoms with Crippen LogP contribution in [0.25, 0.3) is 0 Å². The average molecular weight is 328 g/mol. The number of halogens is 1. The smallest absolute Gasteiger partial charge is 0.224 e. The number of amides is 1. The zero-order valence-corrected chi connectivity index (χ0v) is 12.9. The average Bonchev–Trinajstić information content (AvgIpc) is 2.58. The standard InChI is InChI=1S/C18H17FN2O3/c19-16-7-2-1-6-15(16)17(22)12-21-18(23)11-13-4-3-5-14(10-13)24-9-8-20/h1-7,10,17,22H,9,11-12H2,(H,21,23). The number of carbonyl (C=O) groups is 1. The third-order valence-electron chi connectivity index (χ3n) is 3.32. The summed E-state index contributed by atoms with van der Waals surface area (Å²) in [6.07, 6.45) is -1.02. The van der Waals surface area contributed by atoms with Gasteiger partial charge in [-0.2, -0.15) is 5.26 Å². The van der Waals surface area contributed by atoms with Gasteiger partial charge in [0.1, 0.15) is 17.6 Å². The van der Waals surface area contributed by atoms with Gasteiger partial charge in [0.2, 0.25) is 5.91 Å². The topological polar surface area (TPSA) is 82.3 Å². The minimum absolute atomic E-state index is 0.0650. The Balaban J connectivity index is 1.87. The fourth-order valence-electron chi connectivity index (χ4n) is 2.17. The van der Waals surface area contributed by atoms with Gasteiger partial charge in [0.25, 0.3) is 0 Å². The number of hydrogen-bond acceptors (Lipinski definition) is 4. The van der Waals surface area contributed by atoms with E-state index in [0.29, 0.717) is 11.3 Å². The van der Waals surface area contributed by atoms with E-state index in [4.69, 9.17) is 10.00 Å². The van der Waals surface area contributed by atoms with E-state index in [0.717, 1.165) is 0 Å². The first-order valence-electron chi connectivity index (χ1n) is 7.38. The maximum absolute atomic E-state index is 13.5. The molecule has 124 valence electrons. The van der Waals surface area contributed by atoms with Crippen LogP contribution in [0.4, 0.5) is 4.39 Å². The van der Waals surface area contributed by atoms with Crippen LogP contribution >= 0.6 is 0 Å². The summed E-state index contributed by atoms with van der Waals surface area (Å²) in [5, 5.41) is 21.0. The summed E-state index contributed by atoms with van der Waals surface area (Å²) in [4.78, 5) is 11.9. The molecule has 0 aliphatic rings. The number of nitrogens with one attached hydrogen (secondary N) is 1. The Morgan fingerprint density at radius 2 is 2.08 bits per heavy atom. The molecule has 1 amide bonds. The fourth-order valence-corrected chi connectivity index (χ4v) is 2.17. The Hall–Kier alpha value is -2.91. The molecule has 0 aliphatic heterocycles. The molecule has 0 saturated carbocycles. The number of aliphatic hydroxyl groups excluding tert-OH is 1. The normalized spacial score (nSPS) is 11.4. The van der Waals surface area contributed by atoms with Gasteiger partial charge in [-0.25, -0.2) is 4.39 Å². The fraction of sp³-hybridized carbons (Fsp3) is 0.222. The second-order valence-electron chi connectivity index (χ2n) is 5.11. The number of nitriles is 1. The van der Waals surface area contributed by atoms with Gasteiger partial charge >= 0.3 is 0 Å². The maximum Gasteiger partial charge on any atom is 0.224 e. The van der Waals surface area contributed by atoms with Gasteiger partial charge in [0, 0.05) is 12.1 Å². The van der Waals surface area contributed by atoms with Gasteiger partial charge in [0.15, 0.2) is 6.61 Å². The van der Waals surface area contributed by atoms with Crippen molar-refractivity contribution in [3.8, 4) is 11.8 Å². The molecule has 2 N–H and O–H groups in total. The van der Waals surface area contributed by atoms with Crippen LogP contribution < -0.4 is 10.1 Å². The Bertz CT molecular complexity index is 743. The third-order valence-corrected chi connectivity index (χ3v) is 3.32. The molecule has 2 aromatic carbocycles. The number of benzene rings is 2. The summed E-state index contributed by atoms with van der Waals surface area (Å²) in [5.74, 6) is -0.308. The molecule has 0 saturated heterocycles. The van der Waals surface area contributed by atoms with Crippen LogP contribution in [0, 0.1) is 17.1 Å². The minimum Gasteiger partial charge on any atom is -0.479 e. The highest BCUT2D eigenvalue weighted by Gasteiger charge is 2.13. The molecule has 0 heterocycles. The Kier molecular flexibility index (Phi) is 6.29. The van der Waals surface area contributed by atoms with Crippen LogP contribution in [0.15, 0.2) is 48.5 Å². The lowest BCUT2D eigenvalue weighted by Crippen LogP contribution is -2.30. The number of nitrogens with zero attached hydrogens (tertiary/aromatic N) is 1. The largest absolute Gasteiger partial charge is 0.479 e. The van der Waals surface area contributed by atoms with E-state index in [1.165, 1.54) is 18.2 Å². The number of rotatable bonds is 7. The molecule has 0 aromatic heterocycles. The highest BCUT2D eigenvalue weighted by Crippen LogP contribution is 2.16. The monoisotopic (exact) mass is 328 g/mol. The summed E-state index contributed by atoms with van der Waals surface area (Å²) in [5.41, 5.74) is 0.855. The first-order valence-corrected chi connectivity index (χ1v) is 7.38. The molecule has 0 spiro atoms. The van der Waals surface area contributed by atoms with Crippen molar-refractivity contribution in [1.29, 1.82) is 5.26 Å². The van der Waals surface area contributed by atoms with E-state index < -0.39 is 11.9 Å². The molecular weight excluding hydrogens is 311 g/mol. The van der Waals surface area contributed by atoms with E-state index in [1.54, 1.807) is 30.3 Å². The van der Waals surface area contributed by atoms with Crippen LogP contribution in [0.2, 0.25) is 0 Å². The van der Waals surface area contributed by atoms with E-state index >= 15 is 0 Å². The Labute approximate surface area is 139 Å². The van der Waals surface area contributed by atoms with Gasteiger partial charge in [-0.3, -0.25) is 4.79 Å². The molecule has 5 nitrogen and oxygen atoms in total. The number of ether oxygens (including phenoxy) is 1. The SMILES string of the molecule is N#CCOc1cccc(CC(=O)NCC(O)c2ccccc2F)c1. The quantitative estimate of drug-likeness (QED) is 0.815. The zero-order valence-electron chi connectivity index (χ0n) is 12.9. The van der Waals surface area contributed by atoms with Gasteiger partial charge < -0.3 is 15.2 Å². The van der Waals surface area contributed by atoms with Crippen molar-refractivity contribution in [2.45, 2.75) is 12.5 Å². The van der Waals surface area contributed by atoms with Gasteiger partial charge in [-0.1, -0.05) is 30.3 Å². The summed E-state index contributed by atoms with van der Waals surface area (Å²) in [6.45, 7) is -0.144. The van der Waals surface area contributed by atoms with Crippen LogP contribution in [0.1, 0.15) is 17.2 Å². The van der Waals surface area contributed by atoms with Crippen molar-refractivity contribution < 1.29 is 19.0 Å². The molecule has 0 bridgehead atoms. The van der Waals surface area contributed by atoms with E-state index in [2.05, 4.69) is 5.32 Å². The van der Waals surface area contributed by atoms with Crippen molar-refractivity contribution in [1.82, 2.24) is 5.32 Å². The molecular formula is C18H17FN2O3. The van der Waals surface area contributed by atoms with Crippen molar-refractivity contribution in [2.75, 3.05) is 13.2 Å². The lowest BCUT2D eigenvalue weighted by Gasteiger charge is -2.13. The predicted molar refractivity (Wildman–Crippen MR) is 85.6 cm³/mol. The van der Waals surface area contributed by atoms with Crippen LogP contribution in [-0.2, 0) is 11.2 Å². The first-order chi connectivity index (χ1) is 11.6. The van der Waals surface area contributed by atoms with Crippen molar-refractivity contribution in [2.24, 2.45) is 0 Å². The summed E-state index contributed by atoms with van der Waals surface area (Å²) >= 11 is 0. The van der Waals surface area contributed by atoms with Crippen LogP contribution in [0.3, 0.4) is 0 Å². The summed E-state index contributed by atoms with van der Waals surface area (Å²) in [6, 6.07) is 14.6. The Morgan fingerprint density at radius 3 is 2.83 bits per heavy atom. The second kappa shape index (κ2) is 8.65. The second-order valence-corrected chi connectivity index (χ2v) is 5.11. The Morgan fingerprint density at radius 1 is 1.29 bits per heavy atom. The molecule has 24 heavy (non-hydrogen) atoms. The maximum atomic E-state index is 13.5. The number of hydrogen-bond donors (Lipinski definition) is 2. The highest BCUT2D eigenvalue weighted by atomic mass is 19.1. The first kappa shape index (κ1) is 17.4. The highest BCUT2D eigenvalue weighted by molar-refractivity contribution is 5.78. The van der Waals surface area contributed by atoms with Gasteiger partial charge in [-0.15, -0.1) is 0 Å². The predicted octanol–water partition coefficient (Wildman–Crippen LogP) is 2.12. The third kappa shape index (κ3) is 5.07. The molecule has 2 rings (SSSR count). The van der Waals surface area contributed by atoms with E-state index in [9.17, 15) is 14.3 Å². The van der Waals surface area contributed by atoms with Gasteiger partial charge in [0.05, 0.1) is 12.5 Å². The van der Waals surface area contributed by atoms with Crippen molar-refractivity contribution in [3.05, 3.63) is 65.5 Å². The molecule has 0 radical (unpaired) electrons. The summed E-state index contributed by atoms with van der Waals surface area (Å²) in [7, 11) is 0. The number of aliphatic hydroxyl groups is 1. The van der Waals surface area contributed by atoms with Gasteiger partial charge in [-0.05, 0) is 23.8 Å². The zero-order chi connectivity index (χ0) is 17.4. The molecule has 1 atom stereocenters. The molecule has 6 heteroatoms. The van der Waals surface area contributed by atoms with Crippen LogP contribution in [0.5, 0.6) is 5.75 Å². The number of carbonyl (C=O) groups excluding carboxylic acids is 1. The van der Waals surface area contributed by atoms with Crippen molar-refractivity contribution in [3.63, 3.8) is 0 Å². The molecule has 0 fully saturated rings. The van der Waals surface area contributed by atoms with Crippen molar-refractivity contribution >= 4 is 5.91 Å². The molecule has 0 aliphatic carbocycles. The molecule has 2 aromatic rings. The molecule has 1 unspecified atom stereocenters.